The molecule has 0 spiro atoms. The van der Waals surface area contributed by atoms with Crippen LogP contribution in [0.15, 0.2) is 97.1 Å². The molecule has 0 aliphatic carbocycles. The lowest BCUT2D eigenvalue weighted by Gasteiger charge is -2.29. The molecule has 1 saturated heterocycles. The normalized spacial score (nSPS) is 14.1. The maximum absolute atomic E-state index is 14.4. The molecule has 2 amide bonds. The van der Waals surface area contributed by atoms with Crippen molar-refractivity contribution in [1.82, 2.24) is 14.4 Å². The fourth-order valence-corrected chi connectivity index (χ4v) is 6.75. The van der Waals surface area contributed by atoms with E-state index in [-0.39, 0.29) is 24.1 Å². The van der Waals surface area contributed by atoms with E-state index in [1.807, 2.05) is 47.7 Å². The molecule has 7 rings (SSSR count). The van der Waals surface area contributed by atoms with Crippen LogP contribution < -0.4 is 4.90 Å². The first-order valence-electron chi connectivity index (χ1n) is 17.3. The summed E-state index contributed by atoms with van der Waals surface area (Å²) in [5, 5.41) is 20.1. The molecule has 0 unspecified atom stereocenters. The molecule has 0 atom stereocenters. The summed E-state index contributed by atoms with van der Waals surface area (Å²) in [7, 11) is 3.98. The lowest BCUT2D eigenvalue weighted by atomic mass is 9.97. The summed E-state index contributed by atoms with van der Waals surface area (Å²) in [5.41, 5.74) is 7.12. The van der Waals surface area contributed by atoms with E-state index in [2.05, 4.69) is 30.1 Å². The van der Waals surface area contributed by atoms with Gasteiger partial charge in [0.15, 0.2) is 0 Å². The van der Waals surface area contributed by atoms with Crippen LogP contribution in [0.2, 0.25) is 5.02 Å². The number of carbonyl (C=O) groups excluding carboxylic acids is 2. The molecule has 0 bridgehead atoms. The Balaban J connectivity index is 0.000000594. The van der Waals surface area contributed by atoms with Gasteiger partial charge < -0.3 is 29.1 Å². The topological polar surface area (TPSA) is 102 Å². The van der Waals surface area contributed by atoms with Gasteiger partial charge in [-0.25, -0.2) is 0 Å². The van der Waals surface area contributed by atoms with Crippen LogP contribution in [0.4, 0.5) is 5.69 Å². The number of nitrogens with zero attached hydrogens (tertiary/aromatic N) is 5. The third kappa shape index (κ3) is 8.05. The van der Waals surface area contributed by atoms with Gasteiger partial charge in [0, 0.05) is 66.5 Å². The van der Waals surface area contributed by atoms with Gasteiger partial charge >= 0.3 is 0 Å². The standard InChI is InChI=1S/C37H31ClN4O3.C5H11NO/c1-24-33(37(45)42(30-12-14-31(43)15-13-30)23-28-10-6-4-8-26(28)21-39)20-35(40(24)2)34-19-29(38)11-16-32(34)36(44)41-18-17-25-7-3-5-9-27(25)22-41;1-6-2-4-7-5-3-6/h3-16,19-20,43H,17-18,22-23H2,1-2H3;2-5H2,1H3. The number of aromatic nitrogens is 1. The van der Waals surface area contributed by atoms with E-state index in [1.165, 1.54) is 17.7 Å². The van der Waals surface area contributed by atoms with Crippen molar-refractivity contribution in [2.24, 2.45) is 7.05 Å². The summed E-state index contributed by atoms with van der Waals surface area (Å²) in [4.78, 5) is 34.1. The number of morpholine rings is 1. The van der Waals surface area contributed by atoms with Crippen LogP contribution in [0.1, 0.15) is 48.7 Å². The average molecular weight is 716 g/mol. The van der Waals surface area contributed by atoms with E-state index in [4.69, 9.17) is 16.3 Å². The molecular weight excluding hydrogens is 674 g/mol. The van der Waals surface area contributed by atoms with Gasteiger partial charge in [0.2, 0.25) is 0 Å². The number of hydrogen-bond donors (Lipinski definition) is 1. The van der Waals surface area contributed by atoms with E-state index < -0.39 is 0 Å². The molecule has 2 aliphatic rings. The van der Waals surface area contributed by atoms with Crippen LogP contribution >= 0.6 is 11.6 Å². The first kappa shape index (κ1) is 36.4. The van der Waals surface area contributed by atoms with Gasteiger partial charge in [-0.1, -0.05) is 54.1 Å². The minimum absolute atomic E-state index is 0.0806. The predicted octanol–water partition coefficient (Wildman–Crippen LogP) is 7.23. The maximum atomic E-state index is 14.4. The second-order valence-electron chi connectivity index (χ2n) is 13.1. The summed E-state index contributed by atoms with van der Waals surface area (Å²) in [6.07, 6.45) is 0.786. The van der Waals surface area contributed by atoms with Crippen molar-refractivity contribution in [2.45, 2.75) is 26.4 Å². The van der Waals surface area contributed by atoms with Crippen LogP contribution in [0, 0.1) is 18.3 Å². The number of phenols is 1. The molecule has 1 aromatic heterocycles. The Morgan fingerprint density at radius 2 is 1.58 bits per heavy atom. The Bertz CT molecular complexity index is 2110. The van der Waals surface area contributed by atoms with Crippen LogP contribution in [0.5, 0.6) is 5.75 Å². The number of halogens is 1. The highest BCUT2D eigenvalue weighted by Crippen LogP contribution is 2.34. The fourth-order valence-electron chi connectivity index (χ4n) is 6.58. The Labute approximate surface area is 309 Å². The van der Waals surface area contributed by atoms with Crippen molar-refractivity contribution in [3.63, 3.8) is 0 Å². The van der Waals surface area contributed by atoms with Gasteiger partial charge in [0.1, 0.15) is 5.75 Å². The number of ether oxygens (including phenoxy) is 1. The lowest BCUT2D eigenvalue weighted by Crippen LogP contribution is -2.36. The largest absolute Gasteiger partial charge is 0.508 e. The van der Waals surface area contributed by atoms with Crippen molar-refractivity contribution in [1.29, 1.82) is 5.26 Å². The number of anilines is 1. The van der Waals surface area contributed by atoms with E-state index in [9.17, 15) is 20.0 Å². The van der Waals surface area contributed by atoms with Gasteiger partial charge in [-0.15, -0.1) is 0 Å². The first-order chi connectivity index (χ1) is 25.1. The maximum Gasteiger partial charge on any atom is 0.260 e. The third-order valence-corrected chi connectivity index (χ3v) is 10.0. The fraction of sp³-hybridized carbons (Fsp3) is 0.262. The molecule has 1 fully saturated rings. The molecule has 0 radical (unpaired) electrons. The molecule has 9 nitrogen and oxygen atoms in total. The molecule has 0 saturated carbocycles. The predicted molar refractivity (Wildman–Crippen MR) is 204 cm³/mol. The van der Waals surface area contributed by atoms with E-state index in [1.54, 1.807) is 53.4 Å². The molecule has 1 N–H and O–H groups in total. The second-order valence-corrected chi connectivity index (χ2v) is 13.6. The zero-order chi connectivity index (χ0) is 36.8. The summed E-state index contributed by atoms with van der Waals surface area (Å²) in [5.74, 6) is -0.297. The van der Waals surface area contributed by atoms with Gasteiger partial charge in [-0.3, -0.25) is 9.59 Å². The van der Waals surface area contributed by atoms with Crippen LogP contribution in [0.3, 0.4) is 0 Å². The molecule has 5 aromatic rings. The van der Waals surface area contributed by atoms with Crippen LogP contribution in [-0.2, 0) is 31.3 Å². The molecule has 4 aromatic carbocycles. The number of aromatic hydroxyl groups is 1. The molecule has 10 heteroatoms. The van der Waals surface area contributed by atoms with Crippen molar-refractivity contribution in [3.05, 3.63) is 141 Å². The number of likely N-dealkylation sites (N-methyl/N-ethyl adjacent to an activating group) is 1. The Hall–Kier alpha value is -5.40. The number of fused-ring (bicyclic) bond motifs is 1. The van der Waals surface area contributed by atoms with E-state index >= 15 is 0 Å². The number of rotatable bonds is 6. The number of hydrogen-bond acceptors (Lipinski definition) is 6. The number of amides is 2. The quantitative estimate of drug-likeness (QED) is 0.199. The number of benzene rings is 4. The Morgan fingerprint density at radius 3 is 2.27 bits per heavy atom. The van der Waals surface area contributed by atoms with Gasteiger partial charge in [0.05, 0.1) is 37.0 Å². The van der Waals surface area contributed by atoms with Crippen molar-refractivity contribution >= 4 is 29.1 Å². The van der Waals surface area contributed by atoms with E-state index in [0.29, 0.717) is 63.0 Å². The zero-order valence-corrected chi connectivity index (χ0v) is 30.4. The summed E-state index contributed by atoms with van der Waals surface area (Å²) in [6, 6.07) is 31.0. The minimum Gasteiger partial charge on any atom is -0.508 e. The Kier molecular flexibility index (Phi) is 11.4. The highest BCUT2D eigenvalue weighted by atomic mass is 35.5. The van der Waals surface area contributed by atoms with Crippen LogP contribution in [-0.4, -0.2) is 71.2 Å². The molecule has 3 heterocycles. The molecule has 266 valence electrons. The molecular formula is C42H42ClN5O4. The second kappa shape index (κ2) is 16.3. The van der Waals surface area contributed by atoms with Crippen LogP contribution in [0.25, 0.3) is 11.3 Å². The van der Waals surface area contributed by atoms with Gasteiger partial charge in [-0.2, -0.15) is 5.26 Å². The SMILES string of the molecule is CN1CCOCC1.Cc1c(C(=O)N(Cc2ccccc2C#N)c2ccc(O)cc2)cc(-c2cc(Cl)ccc2C(=O)N2CCc3ccccc3C2)n1C. The first-order valence-corrected chi connectivity index (χ1v) is 17.7. The minimum atomic E-state index is -0.282. The van der Waals surface area contributed by atoms with Gasteiger partial charge in [-0.05, 0) is 91.7 Å². The summed E-state index contributed by atoms with van der Waals surface area (Å²) in [6.45, 7) is 7.17. The molecule has 2 aliphatic heterocycles. The smallest absolute Gasteiger partial charge is 0.260 e. The number of nitriles is 1. The highest BCUT2D eigenvalue weighted by Gasteiger charge is 2.28. The van der Waals surface area contributed by atoms with Crippen molar-refractivity contribution in [3.8, 4) is 23.1 Å². The third-order valence-electron chi connectivity index (χ3n) is 9.78. The highest BCUT2D eigenvalue weighted by molar-refractivity contribution is 6.31. The lowest BCUT2D eigenvalue weighted by molar-refractivity contribution is 0.0503. The van der Waals surface area contributed by atoms with E-state index in [0.717, 1.165) is 38.3 Å². The molecule has 52 heavy (non-hydrogen) atoms. The average Bonchev–Trinajstić information content (AvgIpc) is 3.47. The monoisotopic (exact) mass is 715 g/mol. The van der Waals surface area contributed by atoms with Gasteiger partial charge in [0.25, 0.3) is 11.8 Å². The van der Waals surface area contributed by atoms with Crippen molar-refractivity contribution in [2.75, 3.05) is 44.8 Å². The number of phenolic OH excluding ortho intramolecular Hbond substituents is 1. The number of carbonyl (C=O) groups is 2. The summed E-state index contributed by atoms with van der Waals surface area (Å²) >= 11 is 6.49. The Morgan fingerprint density at radius 1 is 0.885 bits per heavy atom. The zero-order valence-electron chi connectivity index (χ0n) is 29.7. The summed E-state index contributed by atoms with van der Waals surface area (Å²) < 4.78 is 7.00. The van der Waals surface area contributed by atoms with Crippen molar-refractivity contribution < 1.29 is 19.4 Å².